The number of non-ortho nitro benzene ring substituents is 1. The van der Waals surface area contributed by atoms with Crippen molar-refractivity contribution in [1.82, 2.24) is 20.3 Å². The highest BCUT2D eigenvalue weighted by Gasteiger charge is 2.23. The van der Waals surface area contributed by atoms with Crippen molar-refractivity contribution < 1.29 is 14.5 Å². The number of nitro benzene ring substituents is 1. The topological polar surface area (TPSA) is 132 Å². The van der Waals surface area contributed by atoms with Gasteiger partial charge in [0.1, 0.15) is 0 Å². The third-order valence-electron chi connectivity index (χ3n) is 5.77. The lowest BCUT2D eigenvalue weighted by molar-refractivity contribution is -0.384. The van der Waals surface area contributed by atoms with E-state index in [1.54, 1.807) is 19.1 Å². The van der Waals surface area contributed by atoms with Crippen molar-refractivity contribution in [2.45, 2.75) is 39.2 Å². The van der Waals surface area contributed by atoms with Gasteiger partial charge in [0.15, 0.2) is 5.69 Å². The molecule has 1 aliphatic carbocycles. The Bertz CT molecular complexity index is 1200. The zero-order valence-corrected chi connectivity index (χ0v) is 18.2. The molecule has 0 spiro atoms. The van der Waals surface area contributed by atoms with Gasteiger partial charge >= 0.3 is 0 Å². The number of aromatic nitrogens is 3. The molecule has 2 aromatic carbocycles. The summed E-state index contributed by atoms with van der Waals surface area (Å²) in [7, 11) is 0. The van der Waals surface area contributed by atoms with Crippen LogP contribution in [0, 0.1) is 23.0 Å². The number of nitrogens with one attached hydrogen (secondary N) is 2. The highest BCUT2D eigenvalue weighted by atomic mass is 16.6. The number of nitro groups is 1. The van der Waals surface area contributed by atoms with Crippen molar-refractivity contribution in [3.63, 3.8) is 0 Å². The zero-order valence-electron chi connectivity index (χ0n) is 18.2. The molecule has 2 N–H and O–H groups in total. The van der Waals surface area contributed by atoms with Crippen LogP contribution in [0.15, 0.2) is 48.5 Å². The van der Waals surface area contributed by atoms with E-state index in [0.29, 0.717) is 17.1 Å². The largest absolute Gasteiger partial charge is 0.347 e. The molecule has 4 rings (SSSR count). The lowest BCUT2D eigenvalue weighted by Gasteiger charge is -2.11. The van der Waals surface area contributed by atoms with Gasteiger partial charge in [0.05, 0.1) is 16.3 Å². The Morgan fingerprint density at radius 1 is 1.15 bits per heavy atom. The van der Waals surface area contributed by atoms with Gasteiger partial charge in [-0.1, -0.05) is 36.3 Å². The maximum absolute atomic E-state index is 12.7. The fraction of sp³-hybridized carbons (Fsp3) is 0.304. The number of carbonyl (C=O) groups excluding carboxylic acids is 2. The van der Waals surface area contributed by atoms with Gasteiger partial charge in [0.2, 0.25) is 5.91 Å². The Morgan fingerprint density at radius 2 is 1.91 bits per heavy atom. The first-order valence-electron chi connectivity index (χ1n) is 10.8. The molecule has 10 nitrogen and oxygen atoms in total. The Balaban J connectivity index is 1.41. The van der Waals surface area contributed by atoms with Crippen LogP contribution in [0.3, 0.4) is 0 Å². The van der Waals surface area contributed by atoms with Crippen LogP contribution in [-0.2, 0) is 11.3 Å². The summed E-state index contributed by atoms with van der Waals surface area (Å²) in [5, 5.41) is 24.7. The summed E-state index contributed by atoms with van der Waals surface area (Å²) in [5.41, 5.74) is 2.49. The van der Waals surface area contributed by atoms with Gasteiger partial charge in [-0.25, -0.2) is 4.68 Å². The number of anilines is 1. The van der Waals surface area contributed by atoms with Crippen LogP contribution in [0.4, 0.5) is 11.4 Å². The summed E-state index contributed by atoms with van der Waals surface area (Å²) >= 11 is 0. The zero-order chi connectivity index (χ0) is 23.4. The quantitative estimate of drug-likeness (QED) is 0.420. The molecular weight excluding hydrogens is 424 g/mol. The maximum Gasteiger partial charge on any atom is 0.274 e. The van der Waals surface area contributed by atoms with Crippen molar-refractivity contribution in [2.24, 2.45) is 5.92 Å². The van der Waals surface area contributed by atoms with Crippen LogP contribution in [0.5, 0.6) is 0 Å². The fourth-order valence-electron chi connectivity index (χ4n) is 3.98. The molecule has 2 amide bonds. The molecule has 1 saturated carbocycles. The van der Waals surface area contributed by atoms with Gasteiger partial charge in [-0.05, 0) is 43.5 Å². The Labute approximate surface area is 190 Å². The monoisotopic (exact) mass is 448 g/mol. The molecule has 1 heterocycles. The van der Waals surface area contributed by atoms with E-state index < -0.39 is 10.8 Å². The van der Waals surface area contributed by atoms with E-state index in [4.69, 9.17) is 0 Å². The van der Waals surface area contributed by atoms with Gasteiger partial charge in [-0.2, -0.15) is 0 Å². The molecule has 0 unspecified atom stereocenters. The highest BCUT2D eigenvalue weighted by molar-refractivity contribution is 5.94. The molecule has 3 aromatic rings. The van der Waals surface area contributed by atoms with E-state index in [0.717, 1.165) is 31.2 Å². The van der Waals surface area contributed by atoms with Crippen LogP contribution >= 0.6 is 0 Å². The van der Waals surface area contributed by atoms with E-state index in [1.165, 1.54) is 16.8 Å². The minimum absolute atomic E-state index is 0.0436. The van der Waals surface area contributed by atoms with Gasteiger partial charge in [-0.15, -0.1) is 5.10 Å². The van der Waals surface area contributed by atoms with E-state index in [2.05, 4.69) is 20.9 Å². The first-order chi connectivity index (χ1) is 15.9. The molecule has 1 aliphatic rings. The first-order valence-corrected chi connectivity index (χ1v) is 10.8. The molecular formula is C23H24N6O4. The third-order valence-corrected chi connectivity index (χ3v) is 5.77. The number of rotatable bonds is 7. The van der Waals surface area contributed by atoms with Gasteiger partial charge in [0, 0.05) is 30.3 Å². The van der Waals surface area contributed by atoms with E-state index in [9.17, 15) is 19.7 Å². The third kappa shape index (κ3) is 5.05. The standard InChI is InChI=1S/C23H24N6O4/c1-15-21(26-27-28(15)19-10-5-11-20(13-19)29(32)33)23(31)24-14-16-6-4-9-18(12-16)25-22(30)17-7-2-3-8-17/h4-6,9-13,17H,2-3,7-8,14H2,1H3,(H,24,31)(H,25,30). The molecule has 0 aliphatic heterocycles. The lowest BCUT2D eigenvalue weighted by Crippen LogP contribution is -2.24. The van der Waals surface area contributed by atoms with E-state index in [1.807, 2.05) is 24.3 Å². The summed E-state index contributed by atoms with van der Waals surface area (Å²) in [6, 6.07) is 13.3. The number of benzene rings is 2. The first kappa shape index (κ1) is 22.1. The molecule has 33 heavy (non-hydrogen) atoms. The summed E-state index contributed by atoms with van der Waals surface area (Å²) in [4.78, 5) is 35.6. The molecule has 1 aromatic heterocycles. The molecule has 0 radical (unpaired) electrons. The average molecular weight is 448 g/mol. The van der Waals surface area contributed by atoms with Crippen molar-refractivity contribution in [2.75, 3.05) is 5.32 Å². The van der Waals surface area contributed by atoms with Crippen molar-refractivity contribution in [1.29, 1.82) is 0 Å². The summed E-state index contributed by atoms with van der Waals surface area (Å²) in [6.45, 7) is 1.92. The van der Waals surface area contributed by atoms with Crippen molar-refractivity contribution in [3.8, 4) is 5.69 Å². The second kappa shape index (κ2) is 9.60. The number of amides is 2. The Morgan fingerprint density at radius 3 is 2.67 bits per heavy atom. The lowest BCUT2D eigenvalue weighted by atomic mass is 10.1. The summed E-state index contributed by atoms with van der Waals surface area (Å²) in [6.07, 6.45) is 4.04. The minimum Gasteiger partial charge on any atom is -0.347 e. The molecule has 170 valence electrons. The Kier molecular flexibility index (Phi) is 6.43. The van der Waals surface area contributed by atoms with Crippen LogP contribution in [0.25, 0.3) is 5.69 Å². The number of carbonyl (C=O) groups is 2. The maximum atomic E-state index is 12.7. The summed E-state index contributed by atoms with van der Waals surface area (Å²) in [5.74, 6) is -0.295. The summed E-state index contributed by atoms with van der Waals surface area (Å²) < 4.78 is 1.39. The van der Waals surface area contributed by atoms with E-state index >= 15 is 0 Å². The number of hydrogen-bond acceptors (Lipinski definition) is 6. The van der Waals surface area contributed by atoms with Gasteiger partial charge in [-0.3, -0.25) is 19.7 Å². The number of hydrogen-bond donors (Lipinski definition) is 2. The second-order valence-electron chi connectivity index (χ2n) is 8.07. The van der Waals surface area contributed by atoms with E-state index in [-0.39, 0.29) is 29.8 Å². The number of nitrogens with zero attached hydrogens (tertiary/aromatic N) is 4. The molecule has 0 atom stereocenters. The predicted octanol–water partition coefficient (Wildman–Crippen LogP) is 3.54. The molecule has 0 saturated heterocycles. The predicted molar refractivity (Wildman–Crippen MR) is 121 cm³/mol. The highest BCUT2D eigenvalue weighted by Crippen LogP contribution is 2.26. The SMILES string of the molecule is Cc1c(C(=O)NCc2cccc(NC(=O)C3CCCC3)c2)nnn1-c1cccc([N+](=O)[O-])c1. The van der Waals surface area contributed by atoms with Gasteiger partial charge < -0.3 is 10.6 Å². The van der Waals surface area contributed by atoms with Crippen LogP contribution in [0.1, 0.15) is 47.4 Å². The van der Waals surface area contributed by atoms with Gasteiger partial charge in [0.25, 0.3) is 11.6 Å². The van der Waals surface area contributed by atoms with Crippen molar-refractivity contribution >= 4 is 23.2 Å². The smallest absolute Gasteiger partial charge is 0.274 e. The normalized spacial score (nSPS) is 13.6. The molecule has 0 bridgehead atoms. The van der Waals surface area contributed by atoms with Crippen molar-refractivity contribution in [3.05, 3.63) is 75.6 Å². The van der Waals surface area contributed by atoms with Crippen LogP contribution in [0.2, 0.25) is 0 Å². The second-order valence-corrected chi connectivity index (χ2v) is 8.07. The molecule has 10 heteroatoms. The molecule has 1 fully saturated rings. The minimum atomic E-state index is -0.492. The van der Waals surface area contributed by atoms with Crippen LogP contribution < -0.4 is 10.6 Å². The average Bonchev–Trinajstić information content (AvgIpc) is 3.48. The Hall–Kier alpha value is -4.08. The fourth-order valence-corrected chi connectivity index (χ4v) is 3.98. The van der Waals surface area contributed by atoms with Crippen LogP contribution in [-0.4, -0.2) is 31.7 Å².